The van der Waals surface area contributed by atoms with Crippen LogP contribution in [0.2, 0.25) is 10.0 Å². The summed E-state index contributed by atoms with van der Waals surface area (Å²) in [6.07, 6.45) is -1.58. The third-order valence-corrected chi connectivity index (χ3v) is 6.02. The quantitative estimate of drug-likeness (QED) is 0.240. The van der Waals surface area contributed by atoms with Gasteiger partial charge in [0.15, 0.2) is 11.6 Å². The summed E-state index contributed by atoms with van der Waals surface area (Å²) in [5, 5.41) is 12.3. The number of ether oxygens (including phenoxy) is 1. The molecule has 0 fully saturated rings. The zero-order chi connectivity index (χ0) is 22.1. The van der Waals surface area contributed by atoms with Crippen molar-refractivity contribution in [2.24, 2.45) is 0 Å². The van der Waals surface area contributed by atoms with E-state index < -0.39 is 17.8 Å². The Kier molecular flexibility index (Phi) is 5.91. The van der Waals surface area contributed by atoms with Crippen LogP contribution in [0.25, 0.3) is 33.0 Å². The molecule has 0 bridgehead atoms. The molecular formula is C22H11Cl2F2NO3S. The number of nitrogens with zero attached hydrogens (tertiary/aromatic N) is 1. The number of thiazole rings is 1. The van der Waals surface area contributed by atoms with Crippen LogP contribution >= 0.6 is 34.5 Å². The van der Waals surface area contributed by atoms with Crippen molar-refractivity contribution in [2.75, 3.05) is 0 Å². The molecule has 156 valence electrons. The van der Waals surface area contributed by atoms with E-state index in [4.69, 9.17) is 33.0 Å². The molecule has 0 aliphatic rings. The molecule has 1 aromatic heterocycles. The first-order valence-corrected chi connectivity index (χ1v) is 10.4. The minimum Gasteiger partial charge on any atom is -0.449 e. The Morgan fingerprint density at radius 1 is 0.968 bits per heavy atom. The van der Waals surface area contributed by atoms with Crippen LogP contribution in [0.1, 0.15) is 0 Å². The summed E-state index contributed by atoms with van der Waals surface area (Å²) in [4.78, 5) is 15.7. The molecule has 4 aromatic rings. The number of carboxylic acid groups (broad SMARTS) is 1. The van der Waals surface area contributed by atoms with Crippen LogP contribution in [0, 0.1) is 11.6 Å². The van der Waals surface area contributed by atoms with Crippen LogP contribution in [0.5, 0.6) is 5.75 Å². The molecule has 0 amide bonds. The Labute approximate surface area is 189 Å². The number of aromatic nitrogens is 1. The van der Waals surface area contributed by atoms with Crippen molar-refractivity contribution in [2.45, 2.75) is 0 Å². The van der Waals surface area contributed by atoms with Gasteiger partial charge >= 0.3 is 6.16 Å². The van der Waals surface area contributed by atoms with Crippen molar-refractivity contribution in [3.05, 3.63) is 81.7 Å². The minimum absolute atomic E-state index is 0.101. The molecule has 4 rings (SSSR count). The minimum atomic E-state index is -1.58. The summed E-state index contributed by atoms with van der Waals surface area (Å²) in [5.41, 5.74) is 1.95. The van der Waals surface area contributed by atoms with Gasteiger partial charge in [-0.2, -0.15) is 0 Å². The van der Waals surface area contributed by atoms with E-state index in [1.165, 1.54) is 35.6 Å². The van der Waals surface area contributed by atoms with Crippen molar-refractivity contribution in [1.29, 1.82) is 0 Å². The molecule has 1 N–H and O–H groups in total. The van der Waals surface area contributed by atoms with Crippen LogP contribution in [0.15, 0.2) is 60.0 Å². The second kappa shape index (κ2) is 8.63. The number of benzene rings is 3. The van der Waals surface area contributed by atoms with Gasteiger partial charge in [-0.1, -0.05) is 47.5 Å². The highest BCUT2D eigenvalue weighted by Crippen LogP contribution is 2.38. The van der Waals surface area contributed by atoms with Gasteiger partial charge in [0, 0.05) is 27.6 Å². The van der Waals surface area contributed by atoms with Crippen molar-refractivity contribution in [1.82, 2.24) is 4.98 Å². The Morgan fingerprint density at radius 3 is 2.48 bits per heavy atom. The first-order chi connectivity index (χ1) is 14.8. The number of hydrogen-bond acceptors (Lipinski definition) is 4. The molecule has 1 heterocycles. The van der Waals surface area contributed by atoms with E-state index >= 15 is 0 Å². The van der Waals surface area contributed by atoms with Crippen LogP contribution < -0.4 is 4.74 Å². The molecule has 3 aromatic carbocycles. The van der Waals surface area contributed by atoms with Gasteiger partial charge in [0.1, 0.15) is 10.8 Å². The third kappa shape index (κ3) is 4.39. The zero-order valence-electron chi connectivity index (χ0n) is 15.4. The first-order valence-electron chi connectivity index (χ1n) is 8.74. The molecule has 0 aliphatic carbocycles. The SMILES string of the molecule is O=C(O)Oc1cc(-c2nc(-c3ccc(Cl)c(Cl)c3)cs2)ccc1-c1cccc(F)c1F. The molecule has 0 saturated heterocycles. The van der Waals surface area contributed by atoms with Gasteiger partial charge in [0.25, 0.3) is 0 Å². The third-order valence-electron chi connectivity index (χ3n) is 4.39. The summed E-state index contributed by atoms with van der Waals surface area (Å²) < 4.78 is 32.8. The lowest BCUT2D eigenvalue weighted by Gasteiger charge is -2.11. The van der Waals surface area contributed by atoms with Gasteiger partial charge in [-0.15, -0.1) is 11.3 Å². The van der Waals surface area contributed by atoms with Crippen LogP contribution in [-0.2, 0) is 0 Å². The first kappa shape index (κ1) is 21.2. The Hall–Kier alpha value is -3.00. The maximum Gasteiger partial charge on any atom is 0.511 e. The van der Waals surface area contributed by atoms with Crippen LogP contribution in [0.4, 0.5) is 13.6 Å². The molecule has 0 radical (unpaired) electrons. The summed E-state index contributed by atoms with van der Waals surface area (Å²) in [6.45, 7) is 0. The van der Waals surface area contributed by atoms with E-state index in [9.17, 15) is 13.6 Å². The van der Waals surface area contributed by atoms with E-state index in [0.717, 1.165) is 11.6 Å². The highest BCUT2D eigenvalue weighted by molar-refractivity contribution is 7.13. The largest absolute Gasteiger partial charge is 0.511 e. The maximum atomic E-state index is 14.3. The van der Waals surface area contributed by atoms with E-state index in [1.54, 1.807) is 24.3 Å². The summed E-state index contributed by atoms with van der Waals surface area (Å²) in [7, 11) is 0. The highest BCUT2D eigenvalue weighted by atomic mass is 35.5. The lowest BCUT2D eigenvalue weighted by molar-refractivity contribution is 0.144. The van der Waals surface area contributed by atoms with Gasteiger partial charge in [-0.3, -0.25) is 0 Å². The fourth-order valence-corrected chi connectivity index (χ4v) is 4.09. The lowest BCUT2D eigenvalue weighted by Crippen LogP contribution is -2.05. The van der Waals surface area contributed by atoms with Crippen LogP contribution in [0.3, 0.4) is 0 Å². The van der Waals surface area contributed by atoms with Gasteiger partial charge in [-0.25, -0.2) is 18.6 Å². The monoisotopic (exact) mass is 477 g/mol. The average molecular weight is 478 g/mol. The van der Waals surface area contributed by atoms with Crippen molar-refractivity contribution >= 4 is 40.7 Å². The smallest absolute Gasteiger partial charge is 0.449 e. The van der Waals surface area contributed by atoms with Gasteiger partial charge in [0.05, 0.1) is 15.7 Å². The number of hydrogen-bond donors (Lipinski definition) is 1. The second-order valence-electron chi connectivity index (χ2n) is 6.35. The van der Waals surface area contributed by atoms with E-state index in [-0.39, 0.29) is 16.9 Å². The highest BCUT2D eigenvalue weighted by Gasteiger charge is 2.18. The fourth-order valence-electron chi connectivity index (χ4n) is 2.96. The van der Waals surface area contributed by atoms with E-state index in [2.05, 4.69) is 4.98 Å². The fraction of sp³-hybridized carbons (Fsp3) is 0. The predicted molar refractivity (Wildman–Crippen MR) is 117 cm³/mol. The molecular weight excluding hydrogens is 467 g/mol. The molecule has 31 heavy (non-hydrogen) atoms. The van der Waals surface area contributed by atoms with Gasteiger partial charge in [-0.05, 0) is 30.3 Å². The number of halogens is 4. The topological polar surface area (TPSA) is 59.4 Å². The normalized spacial score (nSPS) is 10.8. The zero-order valence-corrected chi connectivity index (χ0v) is 17.7. The predicted octanol–water partition coefficient (Wildman–Crippen LogP) is 7.79. The Bertz CT molecular complexity index is 1310. The number of rotatable bonds is 4. The standard InChI is InChI=1S/C22H11Cl2F2NO3S/c23-15-7-5-11(8-16(15)24)18-10-31-21(27-18)12-4-6-13(19(9-12)30-22(28)29)14-2-1-3-17(25)20(14)26/h1-10H,(H,28,29). The molecule has 0 unspecified atom stereocenters. The summed E-state index contributed by atoms with van der Waals surface area (Å²) >= 11 is 13.3. The molecule has 9 heteroatoms. The molecule has 0 aliphatic heterocycles. The molecule has 0 atom stereocenters. The van der Waals surface area contributed by atoms with Crippen molar-refractivity contribution in [3.63, 3.8) is 0 Å². The Morgan fingerprint density at radius 2 is 1.74 bits per heavy atom. The summed E-state index contributed by atoms with van der Waals surface area (Å²) in [5.74, 6) is -2.28. The Balaban J connectivity index is 1.76. The molecule has 0 spiro atoms. The maximum absolute atomic E-state index is 14.3. The average Bonchev–Trinajstić information content (AvgIpc) is 3.22. The van der Waals surface area contributed by atoms with Gasteiger partial charge < -0.3 is 9.84 Å². The lowest BCUT2D eigenvalue weighted by atomic mass is 10.0. The molecule has 4 nitrogen and oxygen atoms in total. The van der Waals surface area contributed by atoms with Crippen molar-refractivity contribution in [3.8, 4) is 38.7 Å². The van der Waals surface area contributed by atoms with E-state index in [0.29, 0.717) is 26.3 Å². The second-order valence-corrected chi connectivity index (χ2v) is 8.02. The van der Waals surface area contributed by atoms with Crippen molar-refractivity contribution < 1.29 is 23.4 Å². The van der Waals surface area contributed by atoms with Gasteiger partial charge in [0.2, 0.25) is 0 Å². The molecule has 0 saturated carbocycles. The number of carbonyl (C=O) groups is 1. The van der Waals surface area contributed by atoms with E-state index in [1.807, 2.05) is 5.38 Å². The van der Waals surface area contributed by atoms with Crippen LogP contribution in [-0.4, -0.2) is 16.2 Å². The summed E-state index contributed by atoms with van der Waals surface area (Å²) in [6, 6.07) is 13.3.